The van der Waals surface area contributed by atoms with Crippen molar-refractivity contribution in [2.24, 2.45) is 4.90 Å². The van der Waals surface area contributed by atoms with Crippen molar-refractivity contribution < 1.29 is 0 Å². The minimum Gasteiger partial charge on any atom is -0.347 e. The molecule has 1 aliphatic heterocycles. The van der Waals surface area contributed by atoms with Crippen LogP contribution in [0.2, 0.25) is 0 Å². The molecule has 1 aromatic carbocycles. The lowest BCUT2D eigenvalue weighted by Crippen LogP contribution is -2.09. The van der Waals surface area contributed by atoms with Crippen molar-refractivity contribution in [1.82, 2.24) is 0 Å². The average Bonchev–Trinajstić information content (AvgIpc) is 2.33. The molecule has 0 spiro atoms. The zero-order chi connectivity index (χ0) is 6.10. The van der Waals surface area contributed by atoms with Gasteiger partial charge in [-0.25, -0.2) is 0 Å². The normalized spacial score (nSPS) is 12.9. The van der Waals surface area contributed by atoms with Gasteiger partial charge in [0, 0.05) is 6.21 Å². The Morgan fingerprint density at radius 2 is 2.11 bits per heavy atom. The smallest absolute Gasteiger partial charge is 0.295 e. The minimum atomic E-state index is 0.871. The Hall–Kier alpha value is -1.05. The highest BCUT2D eigenvalue weighted by atomic mass is 14.6. The van der Waals surface area contributed by atoms with E-state index in [0.717, 1.165) is 7.41 Å². The SMILES string of the molecule is B1N=Cc2ccccc21. The zero-order valence-corrected chi connectivity index (χ0v) is 5.04. The Balaban J connectivity index is 2.63. The van der Waals surface area contributed by atoms with Crippen molar-refractivity contribution in [2.45, 2.75) is 0 Å². The molecule has 0 unspecified atom stereocenters. The van der Waals surface area contributed by atoms with Crippen LogP contribution in [-0.4, -0.2) is 13.6 Å². The second-order valence-electron chi connectivity index (χ2n) is 2.17. The van der Waals surface area contributed by atoms with Gasteiger partial charge < -0.3 is 4.90 Å². The summed E-state index contributed by atoms with van der Waals surface area (Å²) in [6.07, 6.45) is 1.93. The molecule has 1 nitrogen and oxygen atoms in total. The van der Waals surface area contributed by atoms with Gasteiger partial charge >= 0.3 is 0 Å². The van der Waals surface area contributed by atoms with Crippen molar-refractivity contribution in [1.29, 1.82) is 0 Å². The molecule has 1 aromatic rings. The highest BCUT2D eigenvalue weighted by Crippen LogP contribution is 1.96. The quantitative estimate of drug-likeness (QED) is 0.425. The first kappa shape index (κ1) is 4.80. The molecule has 0 bridgehead atoms. The van der Waals surface area contributed by atoms with Crippen molar-refractivity contribution in [2.75, 3.05) is 0 Å². The maximum atomic E-state index is 4.13. The van der Waals surface area contributed by atoms with Crippen molar-refractivity contribution in [3.8, 4) is 0 Å². The van der Waals surface area contributed by atoms with Crippen molar-refractivity contribution in [3.05, 3.63) is 29.8 Å². The molecule has 0 N–H and O–H groups in total. The molecule has 0 atom stereocenters. The molecule has 42 valence electrons. The number of hydrogen-bond acceptors (Lipinski definition) is 1. The topological polar surface area (TPSA) is 12.4 Å². The Morgan fingerprint density at radius 3 is 3.00 bits per heavy atom. The van der Waals surface area contributed by atoms with E-state index in [1.165, 1.54) is 11.0 Å². The van der Waals surface area contributed by atoms with E-state index in [4.69, 9.17) is 0 Å². The van der Waals surface area contributed by atoms with Crippen LogP contribution in [0, 0.1) is 0 Å². The summed E-state index contributed by atoms with van der Waals surface area (Å²) in [6.45, 7) is 0. The summed E-state index contributed by atoms with van der Waals surface area (Å²) in [6, 6.07) is 8.29. The second-order valence-corrected chi connectivity index (χ2v) is 2.17. The Labute approximate surface area is 54.7 Å². The van der Waals surface area contributed by atoms with E-state index in [2.05, 4.69) is 17.0 Å². The van der Waals surface area contributed by atoms with Crippen LogP contribution in [0.5, 0.6) is 0 Å². The minimum absolute atomic E-state index is 0.871. The summed E-state index contributed by atoms with van der Waals surface area (Å²) in [7, 11) is 0.871. The van der Waals surface area contributed by atoms with Crippen LogP contribution in [0.15, 0.2) is 29.2 Å². The van der Waals surface area contributed by atoms with Crippen LogP contribution in [0.4, 0.5) is 0 Å². The van der Waals surface area contributed by atoms with E-state index in [1.54, 1.807) is 0 Å². The van der Waals surface area contributed by atoms with E-state index in [1.807, 2.05) is 18.3 Å². The van der Waals surface area contributed by atoms with E-state index < -0.39 is 0 Å². The first-order chi connectivity index (χ1) is 4.47. The molecule has 9 heavy (non-hydrogen) atoms. The van der Waals surface area contributed by atoms with Crippen LogP contribution in [0.3, 0.4) is 0 Å². The first-order valence-electron chi connectivity index (χ1n) is 3.04. The second kappa shape index (κ2) is 1.73. The molecule has 0 radical (unpaired) electrons. The maximum Gasteiger partial charge on any atom is 0.295 e. The van der Waals surface area contributed by atoms with Gasteiger partial charge in [-0.3, -0.25) is 0 Å². The molecule has 0 saturated heterocycles. The monoisotopic (exact) mass is 115 g/mol. The van der Waals surface area contributed by atoms with Gasteiger partial charge in [-0.2, -0.15) is 0 Å². The molecule has 1 heterocycles. The number of benzene rings is 1. The van der Waals surface area contributed by atoms with E-state index >= 15 is 0 Å². The molecule has 1 aliphatic rings. The molecule has 2 rings (SSSR count). The van der Waals surface area contributed by atoms with Crippen LogP contribution < -0.4 is 5.46 Å². The predicted molar refractivity (Wildman–Crippen MR) is 40.8 cm³/mol. The Morgan fingerprint density at radius 1 is 1.22 bits per heavy atom. The average molecular weight is 115 g/mol. The van der Waals surface area contributed by atoms with E-state index in [0.29, 0.717) is 0 Å². The summed E-state index contributed by atoms with van der Waals surface area (Å²) in [4.78, 5) is 4.13. The number of nitrogens with zero attached hydrogens (tertiary/aromatic N) is 1. The first-order valence-corrected chi connectivity index (χ1v) is 3.04. The fourth-order valence-electron chi connectivity index (χ4n) is 1.05. The third-order valence-electron chi connectivity index (χ3n) is 1.55. The Bertz CT molecular complexity index is 255. The lowest BCUT2D eigenvalue weighted by Gasteiger charge is -1.90. The van der Waals surface area contributed by atoms with Gasteiger partial charge in [0.05, 0.1) is 0 Å². The molecule has 0 aromatic heterocycles. The Kier molecular flexibility index (Phi) is 0.920. The molecule has 0 amide bonds. The number of hydrogen-bond donors (Lipinski definition) is 0. The van der Waals surface area contributed by atoms with Gasteiger partial charge in [0.15, 0.2) is 0 Å². The van der Waals surface area contributed by atoms with Gasteiger partial charge in [-0.1, -0.05) is 24.3 Å². The van der Waals surface area contributed by atoms with Crippen LogP contribution in [0.1, 0.15) is 5.56 Å². The van der Waals surface area contributed by atoms with E-state index in [9.17, 15) is 0 Å². The lowest BCUT2D eigenvalue weighted by atomic mass is 9.84. The largest absolute Gasteiger partial charge is 0.347 e. The van der Waals surface area contributed by atoms with E-state index in [-0.39, 0.29) is 0 Å². The lowest BCUT2D eigenvalue weighted by molar-refractivity contribution is 1.75. The molecular weight excluding hydrogens is 109 g/mol. The highest BCUT2D eigenvalue weighted by Gasteiger charge is 2.03. The van der Waals surface area contributed by atoms with Gasteiger partial charge in [0.25, 0.3) is 7.41 Å². The van der Waals surface area contributed by atoms with Gasteiger partial charge in [-0.15, -0.1) is 0 Å². The third kappa shape index (κ3) is 0.671. The molecule has 0 fully saturated rings. The maximum absolute atomic E-state index is 4.13. The highest BCUT2D eigenvalue weighted by molar-refractivity contribution is 6.57. The number of fused-ring (bicyclic) bond motifs is 1. The van der Waals surface area contributed by atoms with Crippen molar-refractivity contribution in [3.63, 3.8) is 0 Å². The number of rotatable bonds is 0. The zero-order valence-electron chi connectivity index (χ0n) is 5.04. The fourth-order valence-corrected chi connectivity index (χ4v) is 1.05. The van der Waals surface area contributed by atoms with Gasteiger partial charge in [0.1, 0.15) is 0 Å². The molecule has 0 aliphatic carbocycles. The summed E-state index contributed by atoms with van der Waals surface area (Å²) in [5.41, 5.74) is 2.62. The van der Waals surface area contributed by atoms with Crippen LogP contribution >= 0.6 is 0 Å². The fraction of sp³-hybridized carbons (Fsp3) is 0. The summed E-state index contributed by atoms with van der Waals surface area (Å²) in [5, 5.41) is 0. The molecule has 2 heteroatoms. The standard InChI is InChI=1S/C7H6BN/c1-2-4-7-6(3-1)5-9-8-7/h1-5,8H. The summed E-state index contributed by atoms with van der Waals surface area (Å²) < 4.78 is 0. The van der Waals surface area contributed by atoms with Crippen LogP contribution in [0.25, 0.3) is 0 Å². The van der Waals surface area contributed by atoms with Gasteiger partial charge in [-0.05, 0) is 11.0 Å². The predicted octanol–water partition coefficient (Wildman–Crippen LogP) is 0.0959. The van der Waals surface area contributed by atoms with Crippen molar-refractivity contribution >= 4 is 19.1 Å². The summed E-state index contributed by atoms with van der Waals surface area (Å²) in [5.74, 6) is 0. The third-order valence-corrected chi connectivity index (χ3v) is 1.55. The summed E-state index contributed by atoms with van der Waals surface area (Å²) >= 11 is 0. The van der Waals surface area contributed by atoms with Crippen LogP contribution in [-0.2, 0) is 0 Å². The molecule has 0 saturated carbocycles. The van der Waals surface area contributed by atoms with Gasteiger partial charge in [0.2, 0.25) is 0 Å². The molecular formula is C7H6BN.